The number of nitrogens with one attached hydrogen (secondary N) is 1. The summed E-state index contributed by atoms with van der Waals surface area (Å²) in [6.45, 7) is 12.0. The fraction of sp³-hybridized carbons (Fsp3) is 0.622. The standard InChI is InChI=1S/C37H51N3O8/c1-23(20-41)40-31-33(44)39(36(5,6)22-35(2,3)4)19-13-9-12-16-27(42)38-25(21-46-7)30(24-14-10-8-11-15-24)47-34(45)28-26-17-18-37(31,48-26)29(28)32(40)43/h8-11,13-15,17-18,23,25-26,28-31,41H,12,16,19-22H2,1-7H3,(H,38,42)/b13-9-/t23-,25-,26+,28-,29-,30-,31+,37-/m1/s1. The van der Waals surface area contributed by atoms with Crippen molar-refractivity contribution < 1.29 is 38.5 Å². The smallest absolute Gasteiger partial charge is 0.313 e. The van der Waals surface area contributed by atoms with Gasteiger partial charge in [-0.15, -0.1) is 0 Å². The first-order valence-electron chi connectivity index (χ1n) is 17.0. The van der Waals surface area contributed by atoms with Crippen molar-refractivity contribution in [1.82, 2.24) is 15.1 Å². The SMILES string of the molecule is COC[C@H]1NC(=O)CC/C=C\CN(C(C)(C)CC(C)(C)C)C(=O)[C@@H]2N([C@H](C)CO)C(=O)[C@H]3[C@H](C(=O)O[C@@H]1c1ccccc1)[C@@H]1C=C[C@]23O1. The van der Waals surface area contributed by atoms with Gasteiger partial charge in [-0.25, -0.2) is 0 Å². The van der Waals surface area contributed by atoms with E-state index in [9.17, 15) is 19.5 Å². The van der Waals surface area contributed by atoms with E-state index in [1.165, 1.54) is 12.0 Å². The molecular formula is C37H51N3O8. The minimum absolute atomic E-state index is 0.0708. The first-order valence-corrected chi connectivity index (χ1v) is 17.0. The fourth-order valence-corrected chi connectivity index (χ4v) is 8.30. The van der Waals surface area contributed by atoms with Crippen LogP contribution in [0.1, 0.15) is 72.5 Å². The monoisotopic (exact) mass is 665 g/mol. The van der Waals surface area contributed by atoms with E-state index in [4.69, 9.17) is 14.2 Å². The van der Waals surface area contributed by atoms with E-state index >= 15 is 4.79 Å². The molecular weight excluding hydrogens is 614 g/mol. The van der Waals surface area contributed by atoms with Crippen molar-refractivity contribution in [2.24, 2.45) is 17.3 Å². The zero-order valence-corrected chi connectivity index (χ0v) is 29.2. The van der Waals surface area contributed by atoms with Gasteiger partial charge in [-0.2, -0.15) is 0 Å². The third kappa shape index (κ3) is 6.69. The van der Waals surface area contributed by atoms with Crippen molar-refractivity contribution in [3.8, 4) is 0 Å². The number of aliphatic hydroxyl groups is 1. The van der Waals surface area contributed by atoms with Crippen LogP contribution < -0.4 is 5.32 Å². The minimum atomic E-state index is -1.43. The maximum Gasteiger partial charge on any atom is 0.313 e. The number of amides is 3. The van der Waals surface area contributed by atoms with Gasteiger partial charge in [0.1, 0.15) is 23.7 Å². The van der Waals surface area contributed by atoms with Gasteiger partial charge < -0.3 is 34.4 Å². The number of benzene rings is 1. The first kappa shape index (κ1) is 35.8. The van der Waals surface area contributed by atoms with Crippen molar-refractivity contribution in [2.75, 3.05) is 26.9 Å². The number of methoxy groups -OCH3 is 1. The molecule has 4 aliphatic rings. The molecule has 0 unspecified atom stereocenters. The molecule has 0 radical (unpaired) electrons. The molecule has 2 saturated heterocycles. The lowest BCUT2D eigenvalue weighted by Gasteiger charge is -2.46. The van der Waals surface area contributed by atoms with Crippen LogP contribution in [0.2, 0.25) is 0 Å². The molecule has 4 heterocycles. The topological polar surface area (TPSA) is 135 Å². The zero-order chi connectivity index (χ0) is 35.0. The number of nitrogens with zero attached hydrogens (tertiary/aromatic N) is 2. The van der Waals surface area contributed by atoms with Gasteiger partial charge in [0.15, 0.2) is 0 Å². The molecule has 11 heteroatoms. The van der Waals surface area contributed by atoms with Gasteiger partial charge in [-0.1, -0.05) is 75.4 Å². The number of hydrogen-bond acceptors (Lipinski definition) is 8. The number of cyclic esters (lactones) is 1. The predicted octanol–water partition coefficient (Wildman–Crippen LogP) is 3.33. The summed E-state index contributed by atoms with van der Waals surface area (Å²) >= 11 is 0. The van der Waals surface area contributed by atoms with Gasteiger partial charge in [-0.05, 0) is 44.6 Å². The molecule has 1 aromatic rings. The molecule has 0 aliphatic carbocycles. The molecule has 2 fully saturated rings. The quantitative estimate of drug-likeness (QED) is 0.335. The average molecular weight is 666 g/mol. The molecule has 48 heavy (non-hydrogen) atoms. The van der Waals surface area contributed by atoms with Crippen molar-refractivity contribution in [3.05, 3.63) is 60.2 Å². The van der Waals surface area contributed by atoms with Crippen LogP contribution in [0.5, 0.6) is 0 Å². The largest absolute Gasteiger partial charge is 0.455 e. The maximum absolute atomic E-state index is 15.0. The van der Waals surface area contributed by atoms with Crippen LogP contribution >= 0.6 is 0 Å². The highest BCUT2D eigenvalue weighted by molar-refractivity contribution is 5.99. The highest BCUT2D eigenvalue weighted by Crippen LogP contribution is 2.56. The van der Waals surface area contributed by atoms with Gasteiger partial charge in [-0.3, -0.25) is 19.2 Å². The average Bonchev–Trinajstić information content (AvgIpc) is 3.66. The second kappa shape index (κ2) is 13.8. The number of rotatable bonds is 7. The van der Waals surface area contributed by atoms with E-state index in [-0.39, 0.29) is 43.4 Å². The molecule has 3 amide bonds. The van der Waals surface area contributed by atoms with Crippen LogP contribution in [-0.4, -0.2) is 101 Å². The number of ether oxygens (including phenoxy) is 3. The Morgan fingerprint density at radius 2 is 1.77 bits per heavy atom. The van der Waals surface area contributed by atoms with E-state index in [0.29, 0.717) is 18.4 Å². The molecule has 262 valence electrons. The van der Waals surface area contributed by atoms with Gasteiger partial charge in [0.05, 0.1) is 37.3 Å². The Morgan fingerprint density at radius 3 is 2.42 bits per heavy atom. The van der Waals surface area contributed by atoms with Crippen LogP contribution in [0.25, 0.3) is 0 Å². The van der Waals surface area contributed by atoms with Gasteiger partial charge in [0.2, 0.25) is 17.7 Å². The van der Waals surface area contributed by atoms with E-state index in [1.807, 2.05) is 56.3 Å². The molecule has 5 rings (SSSR count). The summed E-state index contributed by atoms with van der Waals surface area (Å²) in [7, 11) is 1.51. The summed E-state index contributed by atoms with van der Waals surface area (Å²) in [6, 6.07) is 6.55. The Balaban J connectivity index is 1.63. The third-order valence-electron chi connectivity index (χ3n) is 9.94. The molecule has 0 saturated carbocycles. The van der Waals surface area contributed by atoms with Crippen LogP contribution in [0.15, 0.2) is 54.6 Å². The van der Waals surface area contributed by atoms with E-state index in [1.54, 1.807) is 24.0 Å². The molecule has 1 spiro atoms. The van der Waals surface area contributed by atoms with E-state index in [0.717, 1.165) is 0 Å². The van der Waals surface area contributed by atoms with Crippen molar-refractivity contribution in [2.45, 2.75) is 102 Å². The number of carbonyl (C=O) groups is 4. The number of esters is 1. The van der Waals surface area contributed by atoms with Crippen molar-refractivity contribution in [1.29, 1.82) is 0 Å². The summed E-state index contributed by atoms with van der Waals surface area (Å²) in [5.41, 5.74) is -1.56. The Kier molecular flexibility index (Phi) is 10.3. The predicted molar refractivity (Wildman–Crippen MR) is 178 cm³/mol. The number of hydrogen-bond donors (Lipinski definition) is 2. The van der Waals surface area contributed by atoms with Crippen LogP contribution in [0.4, 0.5) is 0 Å². The normalized spacial score (nSPS) is 32.7. The lowest BCUT2D eigenvalue weighted by molar-refractivity contribution is -0.163. The first-order chi connectivity index (χ1) is 22.6. The second-order valence-corrected chi connectivity index (χ2v) is 15.4. The third-order valence-corrected chi connectivity index (χ3v) is 9.94. The lowest BCUT2D eigenvalue weighted by Crippen LogP contribution is -2.62. The molecule has 2 N–H and O–H groups in total. The summed E-state index contributed by atoms with van der Waals surface area (Å²) < 4.78 is 18.3. The number of likely N-dealkylation sites (tertiary alicyclic amines) is 1. The molecule has 11 nitrogen and oxygen atoms in total. The summed E-state index contributed by atoms with van der Waals surface area (Å²) in [4.78, 5) is 60.3. The number of carbonyl (C=O) groups excluding carboxylic acids is 4. The van der Waals surface area contributed by atoms with Gasteiger partial charge >= 0.3 is 5.97 Å². The van der Waals surface area contributed by atoms with Gasteiger partial charge in [0, 0.05) is 25.6 Å². The molecule has 8 atom stereocenters. The van der Waals surface area contributed by atoms with E-state index in [2.05, 4.69) is 26.1 Å². The fourth-order valence-electron chi connectivity index (χ4n) is 8.30. The Labute approximate surface area is 283 Å². The maximum atomic E-state index is 15.0. The Hall–Kier alpha value is -3.54. The van der Waals surface area contributed by atoms with Crippen LogP contribution in [0, 0.1) is 17.3 Å². The van der Waals surface area contributed by atoms with Gasteiger partial charge in [0.25, 0.3) is 0 Å². The number of aliphatic hydroxyl groups excluding tert-OH is 1. The summed E-state index contributed by atoms with van der Waals surface area (Å²) in [5.74, 6) is -3.77. The van der Waals surface area contributed by atoms with Crippen LogP contribution in [-0.2, 0) is 33.4 Å². The number of fused-ring (bicyclic) bond motifs is 2. The molecule has 1 aromatic carbocycles. The molecule has 5 bridgehead atoms. The number of allylic oxidation sites excluding steroid dienone is 1. The Bertz CT molecular complexity index is 1440. The zero-order valence-electron chi connectivity index (χ0n) is 29.2. The second-order valence-electron chi connectivity index (χ2n) is 15.4. The Morgan fingerprint density at radius 1 is 1.06 bits per heavy atom. The lowest BCUT2D eigenvalue weighted by atomic mass is 9.74. The van der Waals surface area contributed by atoms with Crippen molar-refractivity contribution >= 4 is 23.7 Å². The molecule has 0 aromatic heterocycles. The van der Waals surface area contributed by atoms with E-state index < -0.39 is 65.2 Å². The highest BCUT2D eigenvalue weighted by Gasteiger charge is 2.74. The van der Waals surface area contributed by atoms with Crippen LogP contribution in [0.3, 0.4) is 0 Å². The molecule has 4 aliphatic heterocycles. The highest BCUT2D eigenvalue weighted by atomic mass is 16.6. The van der Waals surface area contributed by atoms with Crippen molar-refractivity contribution in [3.63, 3.8) is 0 Å². The minimum Gasteiger partial charge on any atom is -0.455 e. The summed E-state index contributed by atoms with van der Waals surface area (Å²) in [6.07, 6.45) is 6.80. The summed E-state index contributed by atoms with van der Waals surface area (Å²) in [5, 5.41) is 13.3.